The number of benzene rings is 2. The summed E-state index contributed by atoms with van der Waals surface area (Å²) in [6, 6.07) is 15.3. The Morgan fingerprint density at radius 2 is 1.00 bits per heavy atom. The van der Waals surface area contributed by atoms with E-state index in [1.54, 1.807) is 27.7 Å². The monoisotopic (exact) mass is 438 g/mol. The average Bonchev–Trinajstić information content (AvgIpc) is 2.76. The third kappa shape index (κ3) is 7.95. The van der Waals surface area contributed by atoms with E-state index in [4.69, 9.17) is 18.9 Å². The van der Waals surface area contributed by atoms with Gasteiger partial charge in [0.2, 0.25) is 0 Å². The minimum atomic E-state index is -0.425. The Morgan fingerprint density at radius 1 is 0.688 bits per heavy atom. The lowest BCUT2D eigenvalue weighted by Crippen LogP contribution is -2.22. The highest BCUT2D eigenvalue weighted by atomic mass is 16.6. The number of hydrogen-bond acceptors (Lipinski definition) is 6. The molecule has 0 aromatic heterocycles. The lowest BCUT2D eigenvalue weighted by Gasteiger charge is -2.15. The summed E-state index contributed by atoms with van der Waals surface area (Å²) in [5, 5.41) is 0. The van der Waals surface area contributed by atoms with Crippen LogP contribution < -0.4 is 9.47 Å². The maximum atomic E-state index is 11.5. The van der Waals surface area contributed by atoms with Crippen LogP contribution in [-0.2, 0) is 19.1 Å². The van der Waals surface area contributed by atoms with Crippen molar-refractivity contribution in [3.8, 4) is 22.6 Å². The highest BCUT2D eigenvalue weighted by Crippen LogP contribution is 2.25. The topological polar surface area (TPSA) is 71.1 Å². The molecule has 0 aliphatic rings. The Balaban J connectivity index is 1.85. The van der Waals surface area contributed by atoms with E-state index in [9.17, 15) is 9.59 Å². The second-order valence-electron chi connectivity index (χ2n) is 7.66. The molecule has 0 spiro atoms. The van der Waals surface area contributed by atoms with Gasteiger partial charge in [0.15, 0.2) is 0 Å². The minimum Gasteiger partial charge on any atom is -0.490 e. The first-order valence-electron chi connectivity index (χ1n) is 10.3. The van der Waals surface area contributed by atoms with E-state index in [0.717, 1.165) is 11.1 Å². The van der Waals surface area contributed by atoms with Crippen molar-refractivity contribution in [1.29, 1.82) is 0 Å². The maximum Gasteiger partial charge on any atom is 0.333 e. The molecule has 0 bridgehead atoms. The normalized spacial score (nSPS) is 12.2. The van der Waals surface area contributed by atoms with E-state index in [-0.39, 0.29) is 25.4 Å². The van der Waals surface area contributed by atoms with Crippen LogP contribution in [0.15, 0.2) is 72.8 Å². The Hall–Kier alpha value is -3.54. The van der Waals surface area contributed by atoms with Crippen LogP contribution in [-0.4, -0.2) is 37.4 Å². The van der Waals surface area contributed by atoms with Crippen LogP contribution >= 0.6 is 0 Å². The van der Waals surface area contributed by atoms with Crippen molar-refractivity contribution in [2.75, 3.05) is 13.2 Å². The molecule has 0 amide bonds. The summed E-state index contributed by atoms with van der Waals surface area (Å²) in [6.07, 6.45) is -0.753. The van der Waals surface area contributed by atoms with E-state index in [0.29, 0.717) is 22.6 Å². The van der Waals surface area contributed by atoms with Crippen LogP contribution in [0.4, 0.5) is 0 Å². The van der Waals surface area contributed by atoms with Crippen LogP contribution in [0.5, 0.6) is 11.5 Å². The van der Waals surface area contributed by atoms with Gasteiger partial charge < -0.3 is 18.9 Å². The van der Waals surface area contributed by atoms with Gasteiger partial charge in [0.1, 0.15) is 36.9 Å². The average molecular weight is 439 g/mol. The predicted octanol–water partition coefficient (Wildman–Crippen LogP) is 5.13. The standard InChI is InChI=1S/C26H30O6/c1-17(2)25(27)31-19(5)15-29-23-11-7-21(8-12-23)22-9-13-24(14-10-22)30-16-20(6)32-26(28)18(3)4/h7-14,19-20H,1,3,15-16H2,2,4-6H3. The van der Waals surface area contributed by atoms with E-state index in [1.807, 2.05) is 48.5 Å². The van der Waals surface area contributed by atoms with E-state index in [1.165, 1.54) is 0 Å². The molecule has 2 aromatic rings. The third-order valence-corrected chi connectivity index (χ3v) is 4.32. The fourth-order valence-corrected chi connectivity index (χ4v) is 2.55. The molecular weight excluding hydrogens is 408 g/mol. The first-order chi connectivity index (χ1) is 15.2. The summed E-state index contributed by atoms with van der Waals surface area (Å²) in [6.45, 7) is 14.4. The van der Waals surface area contributed by atoms with Crippen molar-refractivity contribution in [3.63, 3.8) is 0 Å². The van der Waals surface area contributed by atoms with Gasteiger partial charge in [-0.15, -0.1) is 0 Å². The Labute approximate surface area is 189 Å². The van der Waals surface area contributed by atoms with Crippen molar-refractivity contribution in [2.24, 2.45) is 0 Å². The summed E-state index contributed by atoms with van der Waals surface area (Å²) >= 11 is 0. The van der Waals surface area contributed by atoms with Crippen LogP contribution in [0, 0.1) is 0 Å². The highest BCUT2D eigenvalue weighted by molar-refractivity contribution is 5.87. The molecule has 0 fully saturated rings. The third-order valence-electron chi connectivity index (χ3n) is 4.32. The maximum absolute atomic E-state index is 11.5. The van der Waals surface area contributed by atoms with Crippen molar-refractivity contribution in [3.05, 3.63) is 72.8 Å². The minimum absolute atomic E-state index is 0.254. The zero-order chi connectivity index (χ0) is 23.7. The molecule has 32 heavy (non-hydrogen) atoms. The quantitative estimate of drug-likeness (QED) is 0.358. The van der Waals surface area contributed by atoms with Crippen molar-refractivity contribution >= 4 is 11.9 Å². The Bertz CT molecular complexity index is 864. The van der Waals surface area contributed by atoms with E-state index >= 15 is 0 Å². The van der Waals surface area contributed by atoms with E-state index in [2.05, 4.69) is 13.2 Å². The molecule has 0 N–H and O–H groups in total. The Kier molecular flexibility index (Phi) is 9.08. The van der Waals surface area contributed by atoms with Gasteiger partial charge in [0.05, 0.1) is 0 Å². The van der Waals surface area contributed by atoms with Crippen LogP contribution in [0.25, 0.3) is 11.1 Å². The van der Waals surface area contributed by atoms with Gasteiger partial charge in [-0.3, -0.25) is 0 Å². The van der Waals surface area contributed by atoms with Crippen LogP contribution in [0.1, 0.15) is 27.7 Å². The molecule has 0 aliphatic heterocycles. The number of carbonyl (C=O) groups excluding carboxylic acids is 2. The Morgan fingerprint density at radius 3 is 1.28 bits per heavy atom. The number of carbonyl (C=O) groups is 2. The molecule has 0 saturated heterocycles. The summed E-state index contributed by atoms with van der Waals surface area (Å²) in [4.78, 5) is 23.0. The first-order valence-corrected chi connectivity index (χ1v) is 10.3. The van der Waals surface area contributed by atoms with Gasteiger partial charge in [0, 0.05) is 11.1 Å². The van der Waals surface area contributed by atoms with Crippen molar-refractivity contribution in [1.82, 2.24) is 0 Å². The molecule has 2 aromatic carbocycles. The van der Waals surface area contributed by atoms with E-state index < -0.39 is 11.9 Å². The van der Waals surface area contributed by atoms with Gasteiger partial charge in [-0.05, 0) is 63.1 Å². The number of rotatable bonds is 11. The second kappa shape index (κ2) is 11.7. The molecule has 0 saturated carbocycles. The molecule has 6 nitrogen and oxygen atoms in total. The highest BCUT2D eigenvalue weighted by Gasteiger charge is 2.12. The second-order valence-corrected chi connectivity index (χ2v) is 7.66. The lowest BCUT2D eigenvalue weighted by atomic mass is 10.1. The molecule has 170 valence electrons. The summed E-state index contributed by atoms with van der Waals surface area (Å²) in [7, 11) is 0. The summed E-state index contributed by atoms with van der Waals surface area (Å²) < 4.78 is 21.8. The zero-order valence-corrected chi connectivity index (χ0v) is 19.1. The van der Waals surface area contributed by atoms with Gasteiger partial charge >= 0.3 is 11.9 Å². The predicted molar refractivity (Wildman–Crippen MR) is 124 cm³/mol. The lowest BCUT2D eigenvalue weighted by molar-refractivity contribution is -0.145. The van der Waals surface area contributed by atoms with Crippen molar-refractivity contribution < 1.29 is 28.5 Å². The molecule has 6 heteroatoms. The summed E-state index contributed by atoms with van der Waals surface area (Å²) in [5.41, 5.74) is 2.76. The SMILES string of the molecule is C=C(C)C(=O)OC(C)COc1ccc(-c2ccc(OCC(C)OC(=O)C(=C)C)cc2)cc1. The molecule has 2 unspecified atom stereocenters. The molecule has 0 radical (unpaired) electrons. The van der Waals surface area contributed by atoms with Crippen LogP contribution in [0.2, 0.25) is 0 Å². The first kappa shape index (κ1) is 24.7. The van der Waals surface area contributed by atoms with Gasteiger partial charge in [-0.1, -0.05) is 37.4 Å². The number of ether oxygens (including phenoxy) is 4. The molecule has 0 heterocycles. The van der Waals surface area contributed by atoms with Gasteiger partial charge in [-0.2, -0.15) is 0 Å². The number of hydrogen-bond donors (Lipinski definition) is 0. The zero-order valence-electron chi connectivity index (χ0n) is 19.1. The molecule has 2 atom stereocenters. The van der Waals surface area contributed by atoms with Gasteiger partial charge in [0.25, 0.3) is 0 Å². The largest absolute Gasteiger partial charge is 0.490 e. The fourth-order valence-electron chi connectivity index (χ4n) is 2.55. The summed E-state index contributed by atoms with van der Waals surface area (Å²) in [5.74, 6) is 0.521. The molecular formula is C26H30O6. The van der Waals surface area contributed by atoms with Crippen molar-refractivity contribution in [2.45, 2.75) is 39.9 Å². The number of esters is 2. The van der Waals surface area contributed by atoms with Crippen LogP contribution in [0.3, 0.4) is 0 Å². The molecule has 0 aliphatic carbocycles. The smallest absolute Gasteiger partial charge is 0.333 e. The fraction of sp³-hybridized carbons (Fsp3) is 0.308. The molecule has 2 rings (SSSR count). The van der Waals surface area contributed by atoms with Gasteiger partial charge in [-0.25, -0.2) is 9.59 Å².